The van der Waals surface area contributed by atoms with Gasteiger partial charge in [-0.25, -0.2) is 8.42 Å². The fourth-order valence-corrected chi connectivity index (χ4v) is 3.90. The Kier molecular flexibility index (Phi) is 3.48. The van der Waals surface area contributed by atoms with Crippen molar-refractivity contribution in [3.63, 3.8) is 0 Å². The van der Waals surface area contributed by atoms with Crippen molar-refractivity contribution in [1.29, 1.82) is 0 Å². The number of hydrogen-bond acceptors (Lipinski definition) is 4. The molecule has 0 radical (unpaired) electrons. The van der Waals surface area contributed by atoms with E-state index in [2.05, 4.69) is 0 Å². The first-order valence-electron chi connectivity index (χ1n) is 6.08. The molecule has 4 nitrogen and oxygen atoms in total. The van der Waals surface area contributed by atoms with Crippen LogP contribution >= 0.6 is 0 Å². The van der Waals surface area contributed by atoms with E-state index in [-0.39, 0.29) is 21.3 Å². The number of aryl methyl sites for hydroxylation is 3. The molecule has 0 bridgehead atoms. The quantitative estimate of drug-likeness (QED) is 0.892. The zero-order valence-electron chi connectivity index (χ0n) is 11.5. The lowest BCUT2D eigenvalue weighted by Crippen LogP contribution is -2.05. The molecule has 0 amide bonds. The minimum Gasteiger partial charge on any atom is -0.508 e. The van der Waals surface area contributed by atoms with Gasteiger partial charge in [-0.3, -0.25) is 0 Å². The average molecular weight is 292 g/mol. The van der Waals surface area contributed by atoms with Crippen LogP contribution in [0.3, 0.4) is 0 Å². The molecule has 0 saturated heterocycles. The maximum absolute atomic E-state index is 12.6. The highest BCUT2D eigenvalue weighted by Gasteiger charge is 2.24. The van der Waals surface area contributed by atoms with Crippen LogP contribution in [-0.4, -0.2) is 18.6 Å². The summed E-state index contributed by atoms with van der Waals surface area (Å²) in [6.07, 6.45) is 0. The summed E-state index contributed by atoms with van der Waals surface area (Å²) < 4.78 is 25.3. The van der Waals surface area contributed by atoms with Crippen LogP contribution in [0.15, 0.2) is 40.1 Å². The lowest BCUT2D eigenvalue weighted by Gasteiger charge is -2.12. The van der Waals surface area contributed by atoms with Crippen molar-refractivity contribution < 1.29 is 18.6 Å². The van der Waals surface area contributed by atoms with Gasteiger partial charge in [-0.05, 0) is 61.7 Å². The average Bonchev–Trinajstić information content (AvgIpc) is 2.33. The van der Waals surface area contributed by atoms with E-state index < -0.39 is 9.84 Å². The predicted molar refractivity (Wildman–Crippen MR) is 75.9 cm³/mol. The number of benzene rings is 2. The smallest absolute Gasteiger partial charge is 0.210 e. The number of hydrogen-bond donors (Lipinski definition) is 2. The highest BCUT2D eigenvalue weighted by molar-refractivity contribution is 7.91. The van der Waals surface area contributed by atoms with Crippen molar-refractivity contribution >= 4 is 9.84 Å². The Balaban J connectivity index is 2.73. The maximum atomic E-state index is 12.6. The van der Waals surface area contributed by atoms with Gasteiger partial charge in [0.1, 0.15) is 16.4 Å². The molecule has 20 heavy (non-hydrogen) atoms. The molecular formula is C15H16O4S. The van der Waals surface area contributed by atoms with Crippen LogP contribution in [-0.2, 0) is 9.84 Å². The highest BCUT2D eigenvalue weighted by atomic mass is 32.2. The SMILES string of the molecule is Cc1cc(C)c(O)c(S(=O)(=O)c2ccc(O)cc2C)c1. The van der Waals surface area contributed by atoms with Crippen molar-refractivity contribution in [2.24, 2.45) is 0 Å². The van der Waals surface area contributed by atoms with Crippen LogP contribution in [0.2, 0.25) is 0 Å². The second-order valence-corrected chi connectivity index (χ2v) is 6.77. The summed E-state index contributed by atoms with van der Waals surface area (Å²) in [4.78, 5) is -0.0283. The zero-order chi connectivity index (χ0) is 15.1. The summed E-state index contributed by atoms with van der Waals surface area (Å²) in [6.45, 7) is 5.03. The Morgan fingerprint density at radius 2 is 1.50 bits per heavy atom. The van der Waals surface area contributed by atoms with Crippen LogP contribution in [0.1, 0.15) is 16.7 Å². The molecule has 106 valence electrons. The molecule has 0 fully saturated rings. The molecule has 0 aliphatic heterocycles. The van der Waals surface area contributed by atoms with Crippen molar-refractivity contribution in [3.05, 3.63) is 47.0 Å². The first-order valence-corrected chi connectivity index (χ1v) is 7.56. The van der Waals surface area contributed by atoms with E-state index >= 15 is 0 Å². The number of phenols is 2. The third-order valence-electron chi connectivity index (χ3n) is 3.15. The third kappa shape index (κ3) is 2.36. The Hall–Kier alpha value is -2.01. The monoisotopic (exact) mass is 292 g/mol. The van der Waals surface area contributed by atoms with Gasteiger partial charge in [0.25, 0.3) is 0 Å². The molecular weight excluding hydrogens is 276 g/mol. The lowest BCUT2D eigenvalue weighted by atomic mass is 10.1. The van der Waals surface area contributed by atoms with Gasteiger partial charge in [0, 0.05) is 0 Å². The van der Waals surface area contributed by atoms with E-state index in [0.717, 1.165) is 5.56 Å². The topological polar surface area (TPSA) is 74.6 Å². The normalized spacial score (nSPS) is 11.6. The van der Waals surface area contributed by atoms with E-state index in [1.165, 1.54) is 24.3 Å². The third-order valence-corrected chi connectivity index (χ3v) is 5.07. The predicted octanol–water partition coefficient (Wildman–Crippen LogP) is 2.86. The number of rotatable bonds is 2. The zero-order valence-corrected chi connectivity index (χ0v) is 12.3. The summed E-state index contributed by atoms with van der Waals surface area (Å²) in [7, 11) is -3.82. The fourth-order valence-electron chi connectivity index (χ4n) is 2.18. The second kappa shape index (κ2) is 4.83. The van der Waals surface area contributed by atoms with E-state index in [1.807, 2.05) is 0 Å². The largest absolute Gasteiger partial charge is 0.508 e. The van der Waals surface area contributed by atoms with Gasteiger partial charge in [-0.1, -0.05) is 6.07 Å². The molecule has 2 N–H and O–H groups in total. The van der Waals surface area contributed by atoms with E-state index in [1.54, 1.807) is 26.8 Å². The van der Waals surface area contributed by atoms with E-state index in [0.29, 0.717) is 11.1 Å². The molecule has 2 aromatic carbocycles. The van der Waals surface area contributed by atoms with Crippen LogP contribution in [0.5, 0.6) is 11.5 Å². The van der Waals surface area contributed by atoms with Gasteiger partial charge >= 0.3 is 0 Å². The molecule has 0 aromatic heterocycles. The van der Waals surface area contributed by atoms with Gasteiger partial charge in [0.15, 0.2) is 0 Å². The molecule has 0 atom stereocenters. The van der Waals surface area contributed by atoms with Crippen molar-refractivity contribution in [2.45, 2.75) is 30.6 Å². The van der Waals surface area contributed by atoms with Crippen LogP contribution in [0, 0.1) is 20.8 Å². The number of phenolic OH excluding ortho intramolecular Hbond substituents is 2. The second-order valence-electron chi connectivity index (χ2n) is 4.88. The molecule has 5 heteroatoms. The fraction of sp³-hybridized carbons (Fsp3) is 0.200. The Labute approximate surface area is 118 Å². The molecule has 0 spiro atoms. The van der Waals surface area contributed by atoms with Gasteiger partial charge < -0.3 is 10.2 Å². The number of aromatic hydroxyl groups is 2. The van der Waals surface area contributed by atoms with Crippen molar-refractivity contribution in [1.82, 2.24) is 0 Å². The minimum absolute atomic E-state index is 0.00564. The lowest BCUT2D eigenvalue weighted by molar-refractivity contribution is 0.454. The summed E-state index contributed by atoms with van der Waals surface area (Å²) in [5.41, 5.74) is 1.71. The Morgan fingerprint density at radius 3 is 2.10 bits per heavy atom. The molecule has 0 heterocycles. The maximum Gasteiger partial charge on any atom is 0.210 e. The van der Waals surface area contributed by atoms with Crippen molar-refractivity contribution in [3.8, 4) is 11.5 Å². The molecule has 0 saturated carbocycles. The molecule has 0 unspecified atom stereocenters. The van der Waals surface area contributed by atoms with Crippen molar-refractivity contribution in [2.75, 3.05) is 0 Å². The van der Waals surface area contributed by atoms with Gasteiger partial charge in [0.05, 0.1) is 4.90 Å². The first kappa shape index (κ1) is 14.4. The summed E-state index contributed by atoms with van der Waals surface area (Å²) in [6, 6.07) is 7.21. The summed E-state index contributed by atoms with van der Waals surface area (Å²) in [5.74, 6) is -0.228. The molecule has 2 rings (SSSR count). The van der Waals surface area contributed by atoms with Crippen LogP contribution in [0.25, 0.3) is 0 Å². The Bertz CT molecular complexity index is 777. The molecule has 0 aliphatic rings. The Morgan fingerprint density at radius 1 is 0.850 bits per heavy atom. The first-order chi connectivity index (χ1) is 9.23. The van der Waals surface area contributed by atoms with Gasteiger partial charge in [-0.15, -0.1) is 0 Å². The van der Waals surface area contributed by atoms with Gasteiger partial charge in [-0.2, -0.15) is 0 Å². The standard InChI is InChI=1S/C15H16O4S/c1-9-6-11(3)15(17)14(7-9)20(18,19)13-5-4-12(16)8-10(13)2/h4-8,16-17H,1-3H3. The van der Waals surface area contributed by atoms with E-state index in [9.17, 15) is 18.6 Å². The van der Waals surface area contributed by atoms with Crippen LogP contribution in [0.4, 0.5) is 0 Å². The summed E-state index contributed by atoms with van der Waals surface area (Å²) >= 11 is 0. The molecule has 2 aromatic rings. The molecule has 0 aliphatic carbocycles. The van der Waals surface area contributed by atoms with Gasteiger partial charge in [0.2, 0.25) is 9.84 Å². The summed E-state index contributed by atoms with van der Waals surface area (Å²) in [5, 5.41) is 19.4. The minimum atomic E-state index is -3.82. The van der Waals surface area contributed by atoms with Crippen LogP contribution < -0.4 is 0 Å². The highest BCUT2D eigenvalue weighted by Crippen LogP contribution is 2.34. The van der Waals surface area contributed by atoms with E-state index in [4.69, 9.17) is 0 Å². The number of sulfone groups is 1.